The van der Waals surface area contributed by atoms with E-state index in [9.17, 15) is 9.59 Å². The van der Waals surface area contributed by atoms with E-state index in [0.717, 1.165) is 16.9 Å². The third-order valence-electron chi connectivity index (χ3n) is 4.80. The molecule has 0 saturated carbocycles. The van der Waals surface area contributed by atoms with Crippen LogP contribution in [0, 0.1) is 0 Å². The van der Waals surface area contributed by atoms with Gasteiger partial charge in [-0.2, -0.15) is 0 Å². The summed E-state index contributed by atoms with van der Waals surface area (Å²) in [7, 11) is 0. The van der Waals surface area contributed by atoms with E-state index in [1.165, 1.54) is 11.3 Å². The summed E-state index contributed by atoms with van der Waals surface area (Å²) in [6, 6.07) is 9.32. The SMILES string of the molecule is CCn1c(=O)c2sccc2n2c(CCCC(=O)NCc3ccc(Cl)cc3)nnc12. The Kier molecular flexibility index (Phi) is 5.64. The van der Waals surface area contributed by atoms with Gasteiger partial charge in [-0.1, -0.05) is 23.7 Å². The Bertz CT molecular complexity index is 1230. The van der Waals surface area contributed by atoms with Crippen molar-refractivity contribution >= 4 is 44.8 Å². The van der Waals surface area contributed by atoms with E-state index >= 15 is 0 Å². The van der Waals surface area contributed by atoms with Gasteiger partial charge in [0.15, 0.2) is 0 Å². The fourth-order valence-corrected chi connectivity index (χ4v) is 4.28. The van der Waals surface area contributed by atoms with Gasteiger partial charge in [0, 0.05) is 31.0 Å². The lowest BCUT2D eigenvalue weighted by Gasteiger charge is -2.07. The number of nitrogens with zero attached hydrogens (tertiary/aromatic N) is 4. The molecule has 0 aliphatic carbocycles. The van der Waals surface area contributed by atoms with Gasteiger partial charge in [0.25, 0.3) is 5.56 Å². The summed E-state index contributed by atoms with van der Waals surface area (Å²) in [5, 5.41) is 14.0. The van der Waals surface area contributed by atoms with Gasteiger partial charge in [0.2, 0.25) is 11.7 Å². The standard InChI is InChI=1S/C20H20ClN5O2S/c1-2-25-19(28)18-15(10-11-29-18)26-16(23-24-20(25)26)4-3-5-17(27)22-12-13-6-8-14(21)9-7-13/h6-11H,2-5,12H2,1H3,(H,22,27). The van der Waals surface area contributed by atoms with Crippen LogP contribution < -0.4 is 10.9 Å². The van der Waals surface area contributed by atoms with E-state index in [2.05, 4.69) is 15.5 Å². The van der Waals surface area contributed by atoms with Crippen molar-refractivity contribution in [3.63, 3.8) is 0 Å². The molecule has 0 fully saturated rings. The first-order valence-electron chi connectivity index (χ1n) is 9.43. The minimum atomic E-state index is -0.0365. The second-order valence-electron chi connectivity index (χ2n) is 6.69. The van der Waals surface area contributed by atoms with Crippen LogP contribution in [0.15, 0.2) is 40.5 Å². The molecule has 0 saturated heterocycles. The maximum atomic E-state index is 12.6. The van der Waals surface area contributed by atoms with E-state index in [4.69, 9.17) is 11.6 Å². The highest BCUT2D eigenvalue weighted by Gasteiger charge is 2.16. The molecule has 1 aromatic carbocycles. The zero-order valence-electron chi connectivity index (χ0n) is 15.9. The van der Waals surface area contributed by atoms with Crippen molar-refractivity contribution < 1.29 is 4.79 Å². The molecular formula is C20H20ClN5O2S. The van der Waals surface area contributed by atoms with Gasteiger partial charge in [-0.3, -0.25) is 18.6 Å². The number of carbonyl (C=O) groups excluding carboxylic acids is 1. The van der Waals surface area contributed by atoms with Crippen molar-refractivity contribution in [2.45, 2.75) is 39.3 Å². The summed E-state index contributed by atoms with van der Waals surface area (Å²) in [4.78, 5) is 24.8. The summed E-state index contributed by atoms with van der Waals surface area (Å²) in [5.74, 6) is 1.29. The van der Waals surface area contributed by atoms with E-state index in [0.29, 0.717) is 47.9 Å². The molecule has 4 rings (SSSR count). The predicted octanol–water partition coefficient (Wildman–Crippen LogP) is 3.42. The number of hydrogen-bond donors (Lipinski definition) is 1. The molecule has 0 aliphatic heterocycles. The maximum Gasteiger partial charge on any atom is 0.272 e. The number of fused-ring (bicyclic) bond motifs is 3. The average molecular weight is 430 g/mol. The van der Waals surface area contributed by atoms with Gasteiger partial charge in [0.1, 0.15) is 10.5 Å². The molecule has 0 spiro atoms. The van der Waals surface area contributed by atoms with Gasteiger partial charge in [-0.25, -0.2) is 0 Å². The molecule has 0 bridgehead atoms. The first kappa shape index (κ1) is 19.6. The van der Waals surface area contributed by atoms with Crippen LogP contribution in [0.25, 0.3) is 16.0 Å². The molecule has 3 aromatic heterocycles. The van der Waals surface area contributed by atoms with Crippen molar-refractivity contribution in [3.8, 4) is 0 Å². The van der Waals surface area contributed by atoms with Crippen molar-refractivity contribution in [3.05, 3.63) is 62.5 Å². The third kappa shape index (κ3) is 3.90. The third-order valence-corrected chi connectivity index (χ3v) is 5.95. The van der Waals surface area contributed by atoms with Crippen LogP contribution in [-0.4, -0.2) is 25.1 Å². The summed E-state index contributed by atoms with van der Waals surface area (Å²) in [5.41, 5.74) is 1.79. The van der Waals surface area contributed by atoms with Crippen LogP contribution >= 0.6 is 22.9 Å². The van der Waals surface area contributed by atoms with Crippen molar-refractivity contribution in [2.75, 3.05) is 0 Å². The number of hydrogen-bond acceptors (Lipinski definition) is 5. The molecule has 3 heterocycles. The first-order chi connectivity index (χ1) is 14.1. The highest BCUT2D eigenvalue weighted by molar-refractivity contribution is 7.17. The monoisotopic (exact) mass is 429 g/mol. The minimum Gasteiger partial charge on any atom is -0.352 e. The number of nitrogens with one attached hydrogen (secondary N) is 1. The lowest BCUT2D eigenvalue weighted by atomic mass is 10.2. The molecule has 0 radical (unpaired) electrons. The lowest BCUT2D eigenvalue weighted by Crippen LogP contribution is -2.23. The van der Waals surface area contributed by atoms with Crippen molar-refractivity contribution in [2.24, 2.45) is 0 Å². The lowest BCUT2D eigenvalue weighted by molar-refractivity contribution is -0.121. The molecule has 9 heteroatoms. The predicted molar refractivity (Wildman–Crippen MR) is 115 cm³/mol. The first-order valence-corrected chi connectivity index (χ1v) is 10.7. The quantitative estimate of drug-likeness (QED) is 0.488. The van der Waals surface area contributed by atoms with Crippen molar-refractivity contribution in [1.29, 1.82) is 0 Å². The Morgan fingerprint density at radius 3 is 2.76 bits per heavy atom. The largest absolute Gasteiger partial charge is 0.352 e. The Labute approximate surface area is 175 Å². The second kappa shape index (κ2) is 8.34. The molecule has 1 amide bonds. The number of halogens is 1. The van der Waals surface area contributed by atoms with E-state index in [1.807, 2.05) is 34.9 Å². The fraction of sp³-hybridized carbons (Fsp3) is 0.300. The Balaban J connectivity index is 1.43. The van der Waals surface area contributed by atoms with Crippen LogP contribution in [0.4, 0.5) is 0 Å². The maximum absolute atomic E-state index is 12.6. The zero-order valence-corrected chi connectivity index (χ0v) is 17.5. The van der Waals surface area contributed by atoms with E-state index in [1.54, 1.807) is 16.7 Å². The van der Waals surface area contributed by atoms with Crippen LogP contribution in [0.5, 0.6) is 0 Å². The summed E-state index contributed by atoms with van der Waals surface area (Å²) in [6.07, 6.45) is 1.63. The molecule has 4 aromatic rings. The number of aryl methyl sites for hydroxylation is 2. The van der Waals surface area contributed by atoms with Gasteiger partial charge in [-0.05, 0) is 42.5 Å². The molecule has 150 valence electrons. The number of amides is 1. The Morgan fingerprint density at radius 1 is 1.21 bits per heavy atom. The summed E-state index contributed by atoms with van der Waals surface area (Å²) < 4.78 is 4.26. The highest BCUT2D eigenvalue weighted by atomic mass is 35.5. The van der Waals surface area contributed by atoms with Gasteiger partial charge in [0.05, 0.1) is 5.52 Å². The van der Waals surface area contributed by atoms with Gasteiger partial charge >= 0.3 is 0 Å². The van der Waals surface area contributed by atoms with Gasteiger partial charge < -0.3 is 5.32 Å². The van der Waals surface area contributed by atoms with Crippen LogP contribution in [0.2, 0.25) is 5.02 Å². The fourth-order valence-electron chi connectivity index (χ4n) is 3.33. The summed E-state index contributed by atoms with van der Waals surface area (Å²) in [6.45, 7) is 2.92. The second-order valence-corrected chi connectivity index (χ2v) is 8.05. The number of carbonyl (C=O) groups is 1. The van der Waals surface area contributed by atoms with Crippen LogP contribution in [0.3, 0.4) is 0 Å². The topological polar surface area (TPSA) is 81.3 Å². The Morgan fingerprint density at radius 2 is 2.00 bits per heavy atom. The number of aromatic nitrogens is 4. The smallest absolute Gasteiger partial charge is 0.272 e. The normalized spacial score (nSPS) is 11.4. The van der Waals surface area contributed by atoms with E-state index in [-0.39, 0.29) is 11.5 Å². The average Bonchev–Trinajstić information content (AvgIpc) is 3.35. The van der Waals surface area contributed by atoms with Crippen LogP contribution in [-0.2, 0) is 24.3 Å². The number of rotatable bonds is 7. The zero-order chi connectivity index (χ0) is 20.4. The molecule has 0 unspecified atom stereocenters. The highest BCUT2D eigenvalue weighted by Crippen LogP contribution is 2.20. The van der Waals surface area contributed by atoms with Gasteiger partial charge in [-0.15, -0.1) is 21.5 Å². The molecule has 0 aliphatic rings. The Hall–Kier alpha value is -2.71. The number of thiophene rings is 1. The molecular weight excluding hydrogens is 410 g/mol. The summed E-state index contributed by atoms with van der Waals surface area (Å²) >= 11 is 7.29. The molecule has 7 nitrogen and oxygen atoms in total. The number of benzene rings is 1. The minimum absolute atomic E-state index is 0.0140. The van der Waals surface area contributed by atoms with Crippen LogP contribution in [0.1, 0.15) is 31.2 Å². The van der Waals surface area contributed by atoms with E-state index < -0.39 is 0 Å². The molecule has 1 N–H and O–H groups in total. The molecule has 0 atom stereocenters. The molecule has 29 heavy (non-hydrogen) atoms. The van der Waals surface area contributed by atoms with Crippen molar-refractivity contribution in [1.82, 2.24) is 24.5 Å².